The van der Waals surface area contributed by atoms with Crippen molar-refractivity contribution in [1.29, 1.82) is 0 Å². The molecule has 0 spiro atoms. The van der Waals surface area contributed by atoms with Gasteiger partial charge in [-0.15, -0.1) is 0 Å². The van der Waals surface area contributed by atoms with Crippen LogP contribution < -0.4 is 5.32 Å². The minimum Gasteiger partial charge on any atom is -0.475 e. The highest BCUT2D eigenvalue weighted by Crippen LogP contribution is 3.02. The Morgan fingerprint density at radius 1 is 1.00 bits per heavy atom. The third kappa shape index (κ3) is 3.90. The van der Waals surface area contributed by atoms with E-state index >= 15 is 0 Å². The van der Waals surface area contributed by atoms with E-state index in [1.807, 2.05) is 0 Å². The van der Waals surface area contributed by atoms with Gasteiger partial charge in [-0.2, -0.15) is 0 Å². The molecule has 3 aromatic rings. The highest BCUT2D eigenvalue weighted by atomic mass is 32.5. The molecule has 0 fully saturated rings. The highest BCUT2D eigenvalue weighted by molar-refractivity contribution is 8.45. The lowest BCUT2D eigenvalue weighted by atomic mass is 10.1. The second-order valence-electron chi connectivity index (χ2n) is 5.63. The largest absolute Gasteiger partial charge is 0.475 e. The summed E-state index contributed by atoms with van der Waals surface area (Å²) in [6.45, 7) is 0.175. The quantitative estimate of drug-likeness (QED) is 0.492. The molecule has 0 atom stereocenters. The maximum absolute atomic E-state index is 12.7. The molecule has 0 aliphatic rings. The third-order valence-electron chi connectivity index (χ3n) is 3.59. The molecule has 0 saturated carbocycles. The average Bonchev–Trinajstić information content (AvgIpc) is 2.94. The maximum atomic E-state index is 12.7. The SMILES string of the molecule is O=C(O)c1cc2ccc(CNc3ccc(S(F)(F)(F)(F)F)cc3)cc2o1. The van der Waals surface area contributed by atoms with Gasteiger partial charge in [0, 0.05) is 17.6 Å². The van der Waals surface area contributed by atoms with Gasteiger partial charge in [0.2, 0.25) is 5.76 Å². The van der Waals surface area contributed by atoms with Gasteiger partial charge in [0.25, 0.3) is 0 Å². The molecule has 2 N–H and O–H groups in total. The van der Waals surface area contributed by atoms with Crippen molar-refractivity contribution in [2.75, 3.05) is 5.32 Å². The summed E-state index contributed by atoms with van der Waals surface area (Å²) in [5.41, 5.74) is 1.24. The Bertz CT molecular complexity index is 997. The van der Waals surface area contributed by atoms with Crippen molar-refractivity contribution in [3.05, 3.63) is 59.9 Å². The second kappa shape index (κ2) is 5.13. The fourth-order valence-electron chi connectivity index (χ4n) is 2.33. The number of benzene rings is 2. The number of halogens is 5. The molecule has 140 valence electrons. The number of hydrogen-bond acceptors (Lipinski definition) is 3. The van der Waals surface area contributed by atoms with E-state index in [9.17, 15) is 24.2 Å². The van der Waals surface area contributed by atoms with Crippen LogP contribution in [0.25, 0.3) is 11.0 Å². The Balaban J connectivity index is 1.75. The van der Waals surface area contributed by atoms with E-state index in [0.717, 1.165) is 12.1 Å². The van der Waals surface area contributed by atoms with Crippen LogP contribution >= 0.6 is 10.2 Å². The Labute approximate surface area is 144 Å². The van der Waals surface area contributed by atoms with Gasteiger partial charge in [-0.1, -0.05) is 31.6 Å². The third-order valence-corrected chi connectivity index (χ3v) is 4.75. The molecule has 0 aliphatic carbocycles. The van der Waals surface area contributed by atoms with Gasteiger partial charge in [0.05, 0.1) is 0 Å². The van der Waals surface area contributed by atoms with Gasteiger partial charge in [0.1, 0.15) is 10.5 Å². The van der Waals surface area contributed by atoms with Crippen LogP contribution in [0.1, 0.15) is 16.1 Å². The number of anilines is 1. The average molecular weight is 393 g/mol. The zero-order valence-electron chi connectivity index (χ0n) is 12.9. The molecule has 0 saturated heterocycles. The Kier molecular flexibility index (Phi) is 3.56. The number of furan rings is 1. The molecule has 0 aliphatic heterocycles. The fourth-order valence-corrected chi connectivity index (χ4v) is 2.98. The molecule has 2 aromatic carbocycles. The molecule has 1 aromatic heterocycles. The molecule has 1 heterocycles. The predicted molar refractivity (Wildman–Crippen MR) is 88.3 cm³/mol. The van der Waals surface area contributed by atoms with E-state index in [2.05, 4.69) is 5.32 Å². The summed E-state index contributed by atoms with van der Waals surface area (Å²) < 4.78 is 68.5. The van der Waals surface area contributed by atoms with Gasteiger partial charge < -0.3 is 14.8 Å². The zero-order valence-corrected chi connectivity index (χ0v) is 13.7. The normalized spacial score (nSPS) is 14.7. The van der Waals surface area contributed by atoms with Crippen LogP contribution in [0.15, 0.2) is 57.8 Å². The van der Waals surface area contributed by atoms with E-state index in [1.54, 1.807) is 18.2 Å². The van der Waals surface area contributed by atoms with Crippen LogP contribution in [-0.2, 0) is 6.54 Å². The first-order valence-electron chi connectivity index (χ1n) is 7.16. The predicted octanol–water partition coefficient (Wildman–Crippen LogP) is 6.40. The van der Waals surface area contributed by atoms with E-state index in [1.165, 1.54) is 6.07 Å². The topological polar surface area (TPSA) is 62.5 Å². The van der Waals surface area contributed by atoms with Crippen LogP contribution in [0.2, 0.25) is 0 Å². The van der Waals surface area contributed by atoms with Gasteiger partial charge in [-0.3, -0.25) is 0 Å². The van der Waals surface area contributed by atoms with Gasteiger partial charge >= 0.3 is 16.2 Å². The number of carboxylic acids is 1. The van der Waals surface area contributed by atoms with Crippen molar-refractivity contribution < 1.29 is 33.7 Å². The van der Waals surface area contributed by atoms with Crippen molar-refractivity contribution in [2.24, 2.45) is 0 Å². The molecule has 0 amide bonds. The molecular formula is C16H12F5NO3S. The Morgan fingerprint density at radius 3 is 2.23 bits per heavy atom. The molecular weight excluding hydrogens is 381 g/mol. The lowest BCUT2D eigenvalue weighted by Crippen LogP contribution is -2.06. The zero-order chi connectivity index (χ0) is 19.2. The monoisotopic (exact) mass is 393 g/mol. The molecule has 26 heavy (non-hydrogen) atoms. The van der Waals surface area contributed by atoms with Crippen molar-refractivity contribution in [3.63, 3.8) is 0 Å². The summed E-state index contributed by atoms with van der Waals surface area (Å²) >= 11 is 0. The Morgan fingerprint density at radius 2 is 1.65 bits per heavy atom. The molecule has 0 unspecified atom stereocenters. The molecule has 0 radical (unpaired) electrons. The van der Waals surface area contributed by atoms with Crippen LogP contribution in [-0.4, -0.2) is 11.1 Å². The first kappa shape index (κ1) is 18.1. The van der Waals surface area contributed by atoms with Crippen LogP contribution in [0.5, 0.6) is 0 Å². The molecule has 0 bridgehead atoms. The lowest BCUT2D eigenvalue weighted by molar-refractivity contribution is 0.0665. The van der Waals surface area contributed by atoms with E-state index in [-0.39, 0.29) is 18.0 Å². The summed E-state index contributed by atoms with van der Waals surface area (Å²) in [5.74, 6) is -1.42. The van der Waals surface area contributed by atoms with Crippen molar-refractivity contribution in [2.45, 2.75) is 11.4 Å². The number of hydrogen-bond donors (Lipinski definition) is 2. The molecule has 10 heteroatoms. The minimum atomic E-state index is -9.68. The summed E-state index contributed by atoms with van der Waals surface area (Å²) in [7, 11) is -9.68. The van der Waals surface area contributed by atoms with E-state index < -0.39 is 21.1 Å². The summed E-state index contributed by atoms with van der Waals surface area (Å²) in [5, 5.41) is 12.3. The van der Waals surface area contributed by atoms with Gasteiger partial charge in [0.15, 0.2) is 0 Å². The number of carbonyl (C=O) groups is 1. The maximum Gasteiger partial charge on any atom is 0.371 e. The number of fused-ring (bicyclic) bond motifs is 1. The van der Waals surface area contributed by atoms with Crippen molar-refractivity contribution in [3.8, 4) is 0 Å². The number of aromatic carboxylic acids is 1. The van der Waals surface area contributed by atoms with Crippen molar-refractivity contribution in [1.82, 2.24) is 0 Å². The van der Waals surface area contributed by atoms with Crippen LogP contribution in [0.4, 0.5) is 25.1 Å². The first-order valence-corrected chi connectivity index (χ1v) is 9.11. The highest BCUT2D eigenvalue weighted by Gasteiger charge is 2.65. The number of rotatable bonds is 5. The number of carboxylic acid groups (broad SMARTS) is 1. The minimum absolute atomic E-state index is 0.175. The summed E-state index contributed by atoms with van der Waals surface area (Å²) in [6, 6.07) is 8.77. The Hall–Kier alpha value is -2.75. The van der Waals surface area contributed by atoms with Crippen LogP contribution in [0, 0.1) is 0 Å². The molecule has 4 nitrogen and oxygen atoms in total. The van der Waals surface area contributed by atoms with Crippen LogP contribution in [0.3, 0.4) is 0 Å². The molecule has 3 rings (SSSR count). The number of nitrogens with one attached hydrogen (secondary N) is 1. The van der Waals surface area contributed by atoms with Gasteiger partial charge in [-0.05, 0) is 42.0 Å². The first-order chi connectivity index (χ1) is 11.8. The summed E-state index contributed by atoms with van der Waals surface area (Å²) in [6.07, 6.45) is 0. The second-order valence-corrected chi connectivity index (χ2v) is 8.04. The summed E-state index contributed by atoms with van der Waals surface area (Å²) in [4.78, 5) is 8.92. The van der Waals surface area contributed by atoms with Crippen molar-refractivity contribution >= 4 is 32.8 Å². The smallest absolute Gasteiger partial charge is 0.371 e. The standard InChI is InChI=1S/C16H12F5NO3S/c17-26(18,19,20,21)13-5-3-12(4-6-13)22-9-10-1-2-11-8-15(16(23)24)25-14(11)7-10/h1-8,22H,9H2,(H,23,24). The van der Waals surface area contributed by atoms with E-state index in [0.29, 0.717) is 28.7 Å². The lowest BCUT2D eigenvalue weighted by Gasteiger charge is -2.40. The fraction of sp³-hybridized carbons (Fsp3) is 0.0625. The van der Waals surface area contributed by atoms with E-state index in [4.69, 9.17) is 9.52 Å². The van der Waals surface area contributed by atoms with Gasteiger partial charge in [-0.25, -0.2) is 4.79 Å².